The second-order valence-corrected chi connectivity index (χ2v) is 21.7. The van der Waals surface area contributed by atoms with Crippen LogP contribution in [0.25, 0.3) is 177 Å². The van der Waals surface area contributed by atoms with Gasteiger partial charge >= 0.3 is 0 Å². The van der Waals surface area contributed by atoms with Crippen molar-refractivity contribution in [2.45, 2.75) is 39.5 Å². The van der Waals surface area contributed by atoms with E-state index in [0.29, 0.717) is 13.2 Å². The van der Waals surface area contributed by atoms with Crippen LogP contribution < -0.4 is 9.47 Å². The molecule has 4 bridgehead atoms. The minimum atomic E-state index is 0.463. The number of rotatable bonds is 16. The third kappa shape index (κ3) is 7.10. The molecule has 406 valence electrons. The third-order valence-corrected chi connectivity index (χ3v) is 17.0. The molecule has 84 heavy (non-hydrogen) atoms. The van der Waals surface area contributed by atoms with Crippen LogP contribution in [0, 0.1) is 0 Å². The first-order valence-corrected chi connectivity index (χ1v) is 28.7. The van der Waals surface area contributed by atoms with Gasteiger partial charge in [0.1, 0.15) is 57.6 Å². The minimum absolute atomic E-state index is 0.463. The van der Waals surface area contributed by atoms with E-state index < -0.39 is 0 Å². The second-order valence-electron chi connectivity index (χ2n) is 21.7. The summed E-state index contributed by atoms with van der Waals surface area (Å²) in [7, 11) is 0. The van der Waals surface area contributed by atoms with E-state index in [2.05, 4.69) is 62.4 Å². The van der Waals surface area contributed by atoms with Crippen molar-refractivity contribution in [2.24, 2.45) is 0 Å². The Kier molecular flexibility index (Phi) is 10.9. The van der Waals surface area contributed by atoms with Gasteiger partial charge in [-0.05, 0) is 202 Å². The fourth-order valence-electron chi connectivity index (χ4n) is 13.4. The van der Waals surface area contributed by atoms with E-state index in [-0.39, 0.29) is 0 Å². The summed E-state index contributed by atoms with van der Waals surface area (Å²) in [6.07, 6.45) is 17.3. The SMILES string of the molecule is CCCCOc1c2c(c(OCCCC)c3c1c1c4cc(-c5ccco5)c(-c5ccco5)cc4c3c3cc(-c4ccco4)c(-c4ccco4)cc31)c1c3cc(-c4ccco4)c(-c4ccco4)cc3c2c2cc(-c3ccco3)c(-c3ccco3)cc21. The Bertz CT molecular complexity index is 4300. The lowest BCUT2D eigenvalue weighted by molar-refractivity contribution is 0.312. The quantitative estimate of drug-likeness (QED) is 0.0682. The zero-order chi connectivity index (χ0) is 55.6. The zero-order valence-corrected chi connectivity index (χ0v) is 45.8. The van der Waals surface area contributed by atoms with Gasteiger partial charge in [0.2, 0.25) is 0 Å². The standard InChI is InChI=1S/C74H50O10/c1-3-5-23-83-73-69-65-49-33-41(57-15-7-25-75-57)45(61-19-11-29-79-61)37-53(49)67(54-38-46(62-20-12-30-80-62)42(34-50(54)65)58-16-8-26-76-58)71(69)74(84-24-6-4-2)72-68-55-39-47(63-21-13-31-81-63)43(59-17-9-27-77-59)35-51(55)66(70(72)73)52-36-44(60-18-10-28-78-60)48(40-56(52)68)64-22-14-32-82-64/h7-22,25-40H,3-6,23-24H2,1-2H3. The fourth-order valence-corrected chi connectivity index (χ4v) is 13.4. The molecule has 19 rings (SSSR count). The van der Waals surface area contributed by atoms with E-state index in [1.54, 1.807) is 50.1 Å². The Morgan fingerprint density at radius 1 is 0.250 bits per heavy atom. The Labute approximate surface area is 479 Å². The molecule has 0 fully saturated rings. The number of ether oxygens (including phenoxy) is 2. The summed E-state index contributed by atoms with van der Waals surface area (Å²) in [4.78, 5) is 0. The lowest BCUT2D eigenvalue weighted by atomic mass is 9.77. The average molecular weight is 1100 g/mol. The van der Waals surface area contributed by atoms with Crippen LogP contribution in [0.2, 0.25) is 0 Å². The molecule has 0 radical (unpaired) electrons. The van der Waals surface area contributed by atoms with Crippen LogP contribution in [0.4, 0.5) is 0 Å². The Morgan fingerprint density at radius 3 is 0.571 bits per heavy atom. The van der Waals surface area contributed by atoms with E-state index in [4.69, 9.17) is 44.8 Å². The predicted octanol–water partition coefficient (Wildman–Crippen LogP) is 22.2. The van der Waals surface area contributed by atoms with Crippen LogP contribution in [0.1, 0.15) is 39.5 Å². The van der Waals surface area contributed by atoms with Gasteiger partial charge in [0.05, 0.1) is 63.3 Å². The summed E-state index contributed by atoms with van der Waals surface area (Å²) < 4.78 is 65.8. The van der Waals surface area contributed by atoms with Crippen molar-refractivity contribution in [1.82, 2.24) is 0 Å². The molecule has 8 heterocycles. The van der Waals surface area contributed by atoms with Crippen molar-refractivity contribution in [2.75, 3.05) is 13.2 Å². The van der Waals surface area contributed by atoms with Crippen molar-refractivity contribution < 1.29 is 44.8 Å². The molecule has 11 aromatic carbocycles. The van der Waals surface area contributed by atoms with Crippen molar-refractivity contribution in [3.05, 3.63) is 196 Å². The lowest BCUT2D eigenvalue weighted by Crippen LogP contribution is -2.06. The molecule has 10 nitrogen and oxygen atoms in total. The summed E-state index contributed by atoms with van der Waals surface area (Å²) >= 11 is 0. The predicted molar refractivity (Wildman–Crippen MR) is 331 cm³/mol. The van der Waals surface area contributed by atoms with Crippen LogP contribution in [-0.2, 0) is 0 Å². The maximum atomic E-state index is 7.67. The highest BCUT2D eigenvalue weighted by Gasteiger charge is 2.34. The van der Waals surface area contributed by atoms with Gasteiger partial charge in [0.15, 0.2) is 0 Å². The first-order valence-electron chi connectivity index (χ1n) is 28.7. The van der Waals surface area contributed by atoms with Gasteiger partial charge in [0.25, 0.3) is 0 Å². The fraction of sp³-hybridized carbons (Fsp3) is 0.108. The summed E-state index contributed by atoms with van der Waals surface area (Å²) in [6.45, 7) is 5.33. The topological polar surface area (TPSA) is 124 Å². The molecule has 0 spiro atoms. The molecule has 0 amide bonds. The molecule has 0 aliphatic rings. The van der Waals surface area contributed by atoms with E-state index in [1.807, 2.05) is 97.1 Å². The summed E-state index contributed by atoms with van der Waals surface area (Å²) in [5.41, 5.74) is 7.14. The molecule has 0 aliphatic heterocycles. The molecule has 0 atom stereocenters. The van der Waals surface area contributed by atoms with Gasteiger partial charge in [-0.2, -0.15) is 0 Å². The Morgan fingerprint density at radius 2 is 0.429 bits per heavy atom. The van der Waals surface area contributed by atoms with Crippen molar-refractivity contribution >= 4 is 86.2 Å². The smallest absolute Gasteiger partial charge is 0.136 e. The molecule has 19 aromatic rings. The zero-order valence-electron chi connectivity index (χ0n) is 45.8. The van der Waals surface area contributed by atoms with Crippen molar-refractivity contribution in [3.8, 4) is 102 Å². The minimum Gasteiger partial charge on any atom is -0.492 e. The van der Waals surface area contributed by atoms with Crippen LogP contribution in [-0.4, -0.2) is 13.2 Å². The maximum Gasteiger partial charge on any atom is 0.136 e. The molecule has 0 saturated heterocycles. The molecule has 10 heteroatoms. The van der Waals surface area contributed by atoms with Gasteiger partial charge in [0, 0.05) is 87.6 Å². The van der Waals surface area contributed by atoms with Gasteiger partial charge < -0.3 is 44.8 Å². The second kappa shape index (κ2) is 19.0. The van der Waals surface area contributed by atoms with Crippen molar-refractivity contribution in [3.63, 3.8) is 0 Å². The van der Waals surface area contributed by atoms with E-state index in [0.717, 1.165) is 214 Å². The monoisotopic (exact) mass is 1100 g/mol. The van der Waals surface area contributed by atoms with Crippen molar-refractivity contribution in [1.29, 1.82) is 0 Å². The van der Waals surface area contributed by atoms with E-state index >= 15 is 0 Å². The van der Waals surface area contributed by atoms with E-state index in [9.17, 15) is 0 Å². The van der Waals surface area contributed by atoms with E-state index in [1.165, 1.54) is 0 Å². The number of hydrogen-bond donors (Lipinski definition) is 0. The molecular formula is C74H50O10. The Hall–Kier alpha value is -10.6. The maximum absolute atomic E-state index is 7.67. The summed E-state index contributed by atoms with van der Waals surface area (Å²) in [6, 6.07) is 49.8. The van der Waals surface area contributed by atoms with Gasteiger partial charge in [-0.1, -0.05) is 26.7 Å². The number of furan rings is 8. The van der Waals surface area contributed by atoms with Crippen LogP contribution in [0.5, 0.6) is 11.5 Å². The molecule has 0 unspecified atom stereocenters. The van der Waals surface area contributed by atoms with Gasteiger partial charge in [-0.15, -0.1) is 0 Å². The van der Waals surface area contributed by atoms with Crippen LogP contribution in [0.15, 0.2) is 231 Å². The third-order valence-electron chi connectivity index (χ3n) is 17.0. The number of unbranched alkanes of at least 4 members (excludes halogenated alkanes) is 2. The molecule has 8 aromatic heterocycles. The number of hydrogen-bond acceptors (Lipinski definition) is 10. The van der Waals surface area contributed by atoms with Gasteiger partial charge in [-0.3, -0.25) is 0 Å². The number of benzene rings is 11. The largest absolute Gasteiger partial charge is 0.492 e. The highest BCUT2D eigenvalue weighted by atomic mass is 16.5. The average Bonchev–Trinajstić information content (AvgIpc) is 0.817. The lowest BCUT2D eigenvalue weighted by Gasteiger charge is -2.28. The van der Waals surface area contributed by atoms with Gasteiger partial charge in [-0.25, -0.2) is 0 Å². The first kappa shape index (κ1) is 48.2. The van der Waals surface area contributed by atoms with Crippen LogP contribution >= 0.6 is 0 Å². The molecule has 0 saturated carbocycles. The highest BCUT2D eigenvalue weighted by molar-refractivity contribution is 6.50. The summed E-state index contributed by atoms with van der Waals surface area (Å²) in [5.74, 6) is 7.29. The summed E-state index contributed by atoms with van der Waals surface area (Å²) in [5, 5.41) is 16.0. The first-order chi connectivity index (χ1) is 41.6. The molecule has 0 N–H and O–H groups in total. The molecular weight excluding hydrogens is 1050 g/mol. The normalized spacial score (nSPS) is 12.2. The Balaban J connectivity index is 1.16. The molecule has 0 aliphatic carbocycles. The van der Waals surface area contributed by atoms with Crippen LogP contribution in [0.3, 0.4) is 0 Å². The highest BCUT2D eigenvalue weighted by Crippen LogP contribution is 2.62.